The molecule has 0 atom stereocenters. The Bertz CT molecular complexity index is 896. The number of nitrogens with one attached hydrogen (secondary N) is 2. The van der Waals surface area contributed by atoms with Crippen molar-refractivity contribution in [3.05, 3.63) is 40.2 Å². The first-order valence-corrected chi connectivity index (χ1v) is 6.33. The van der Waals surface area contributed by atoms with Crippen molar-refractivity contribution in [2.24, 2.45) is 7.05 Å². The number of aryl methyl sites for hydroxylation is 1. The van der Waals surface area contributed by atoms with Crippen molar-refractivity contribution in [3.8, 4) is 5.75 Å². The molecule has 112 valence electrons. The number of anilines is 1. The molecule has 9 heteroatoms. The summed E-state index contributed by atoms with van der Waals surface area (Å²) in [7, 11) is 3.13. The standard InChI is InChI=1S/C13H12N6O3/c1-19-10-9(15-18-16-13(10)21)11(17-19)14-12(20)7-3-5-8(22-2)6-4-7/h3-6H,1-2H3,(H,14,17,20)(H,15,16,21). The van der Waals surface area contributed by atoms with E-state index in [-0.39, 0.29) is 22.8 Å². The van der Waals surface area contributed by atoms with Crippen molar-refractivity contribution in [2.45, 2.75) is 0 Å². The Balaban J connectivity index is 1.94. The normalized spacial score (nSPS) is 10.6. The highest BCUT2D eigenvalue weighted by atomic mass is 16.5. The number of fused-ring (bicyclic) bond motifs is 1. The second-order valence-electron chi connectivity index (χ2n) is 4.49. The molecule has 0 spiro atoms. The number of aromatic amines is 1. The minimum Gasteiger partial charge on any atom is -0.497 e. The van der Waals surface area contributed by atoms with Crippen LogP contribution in [0.25, 0.3) is 11.0 Å². The van der Waals surface area contributed by atoms with E-state index in [0.29, 0.717) is 11.3 Å². The Hall–Kier alpha value is -3.23. The van der Waals surface area contributed by atoms with Crippen molar-refractivity contribution >= 4 is 22.8 Å². The van der Waals surface area contributed by atoms with Crippen LogP contribution < -0.4 is 15.6 Å². The van der Waals surface area contributed by atoms with Gasteiger partial charge in [0.15, 0.2) is 16.9 Å². The van der Waals surface area contributed by atoms with Crippen LogP contribution in [-0.2, 0) is 7.05 Å². The Morgan fingerprint density at radius 1 is 1.32 bits per heavy atom. The van der Waals surface area contributed by atoms with E-state index < -0.39 is 5.56 Å². The summed E-state index contributed by atoms with van der Waals surface area (Å²) in [4.78, 5) is 23.9. The molecule has 22 heavy (non-hydrogen) atoms. The van der Waals surface area contributed by atoms with Crippen LogP contribution in [0.2, 0.25) is 0 Å². The number of nitrogens with zero attached hydrogens (tertiary/aromatic N) is 4. The SMILES string of the molecule is COc1ccc(C(=O)Nc2nn(C)c3c(=O)[nH]nnc23)cc1. The fourth-order valence-corrected chi connectivity index (χ4v) is 2.04. The lowest BCUT2D eigenvalue weighted by Gasteiger charge is -2.03. The third kappa shape index (κ3) is 2.28. The molecule has 0 saturated heterocycles. The number of carbonyl (C=O) groups excluding carboxylic acids is 1. The summed E-state index contributed by atoms with van der Waals surface area (Å²) in [5.41, 5.74) is 0.468. The highest BCUT2D eigenvalue weighted by molar-refractivity contribution is 6.07. The number of hydrogen-bond acceptors (Lipinski definition) is 6. The summed E-state index contributed by atoms with van der Waals surface area (Å²) in [6, 6.07) is 6.60. The molecule has 3 rings (SSSR count). The first-order valence-electron chi connectivity index (χ1n) is 6.33. The number of carbonyl (C=O) groups is 1. The molecule has 0 aliphatic carbocycles. The van der Waals surface area contributed by atoms with E-state index >= 15 is 0 Å². The fourth-order valence-electron chi connectivity index (χ4n) is 2.04. The third-order valence-electron chi connectivity index (χ3n) is 3.12. The minimum absolute atomic E-state index is 0.178. The molecule has 1 aromatic carbocycles. The average Bonchev–Trinajstić information content (AvgIpc) is 2.85. The van der Waals surface area contributed by atoms with Gasteiger partial charge in [0.25, 0.3) is 11.5 Å². The molecule has 0 aliphatic heterocycles. The second-order valence-corrected chi connectivity index (χ2v) is 4.49. The molecule has 2 aromatic heterocycles. The molecule has 9 nitrogen and oxygen atoms in total. The maximum Gasteiger partial charge on any atom is 0.293 e. The molecule has 2 heterocycles. The van der Waals surface area contributed by atoms with Gasteiger partial charge in [0.05, 0.1) is 7.11 Å². The monoisotopic (exact) mass is 300 g/mol. The van der Waals surface area contributed by atoms with E-state index in [1.807, 2.05) is 0 Å². The van der Waals surface area contributed by atoms with Gasteiger partial charge in [0.2, 0.25) is 0 Å². The number of methoxy groups -OCH3 is 1. The van der Waals surface area contributed by atoms with Crippen LogP contribution in [0, 0.1) is 0 Å². The van der Waals surface area contributed by atoms with Gasteiger partial charge in [-0.05, 0) is 24.3 Å². The van der Waals surface area contributed by atoms with Crippen LogP contribution in [-0.4, -0.2) is 38.2 Å². The summed E-state index contributed by atoms with van der Waals surface area (Å²) < 4.78 is 6.38. The van der Waals surface area contributed by atoms with Crippen molar-refractivity contribution in [3.63, 3.8) is 0 Å². The highest BCUT2D eigenvalue weighted by Crippen LogP contribution is 2.17. The summed E-state index contributed by atoms with van der Waals surface area (Å²) in [6.07, 6.45) is 0. The summed E-state index contributed by atoms with van der Waals surface area (Å²) in [5, 5.41) is 16.2. The van der Waals surface area contributed by atoms with Gasteiger partial charge in [-0.25, -0.2) is 5.10 Å². The molecule has 0 bridgehead atoms. The van der Waals surface area contributed by atoms with E-state index in [1.165, 1.54) is 4.68 Å². The maximum atomic E-state index is 12.2. The summed E-state index contributed by atoms with van der Waals surface area (Å²) in [6.45, 7) is 0. The number of aromatic nitrogens is 5. The van der Waals surface area contributed by atoms with Gasteiger partial charge in [-0.2, -0.15) is 5.10 Å². The first-order chi connectivity index (χ1) is 10.6. The maximum absolute atomic E-state index is 12.2. The third-order valence-corrected chi connectivity index (χ3v) is 3.12. The quantitative estimate of drug-likeness (QED) is 0.719. The number of rotatable bonds is 3. The van der Waals surface area contributed by atoms with Crippen LogP contribution in [0.4, 0.5) is 5.82 Å². The van der Waals surface area contributed by atoms with E-state index in [2.05, 4.69) is 25.8 Å². The van der Waals surface area contributed by atoms with Crippen LogP contribution in [0.3, 0.4) is 0 Å². The molecule has 0 saturated carbocycles. The Morgan fingerprint density at radius 3 is 2.73 bits per heavy atom. The van der Waals surface area contributed by atoms with Gasteiger partial charge in [-0.1, -0.05) is 5.21 Å². The molecule has 0 unspecified atom stereocenters. The molecular formula is C13H12N6O3. The molecule has 0 aliphatic rings. The minimum atomic E-state index is -0.426. The Morgan fingerprint density at radius 2 is 2.05 bits per heavy atom. The van der Waals surface area contributed by atoms with Gasteiger partial charge in [0, 0.05) is 12.6 Å². The van der Waals surface area contributed by atoms with E-state index in [9.17, 15) is 9.59 Å². The molecule has 2 N–H and O–H groups in total. The molecular weight excluding hydrogens is 288 g/mol. The average molecular weight is 300 g/mol. The van der Waals surface area contributed by atoms with Gasteiger partial charge in [-0.3, -0.25) is 14.3 Å². The summed E-state index contributed by atoms with van der Waals surface area (Å²) >= 11 is 0. The largest absolute Gasteiger partial charge is 0.497 e. The number of hydrogen-bond donors (Lipinski definition) is 2. The van der Waals surface area contributed by atoms with Crippen LogP contribution in [0.15, 0.2) is 29.1 Å². The topological polar surface area (TPSA) is 115 Å². The lowest BCUT2D eigenvalue weighted by atomic mass is 10.2. The van der Waals surface area contributed by atoms with Gasteiger partial charge in [0.1, 0.15) is 5.75 Å². The zero-order valence-electron chi connectivity index (χ0n) is 11.8. The Labute approximate surface area is 123 Å². The van der Waals surface area contributed by atoms with Gasteiger partial charge >= 0.3 is 0 Å². The lowest BCUT2D eigenvalue weighted by molar-refractivity contribution is 0.102. The highest BCUT2D eigenvalue weighted by Gasteiger charge is 2.16. The fraction of sp³-hybridized carbons (Fsp3) is 0.154. The number of amides is 1. The molecule has 3 aromatic rings. The van der Waals surface area contributed by atoms with Crippen molar-refractivity contribution < 1.29 is 9.53 Å². The van der Waals surface area contributed by atoms with E-state index in [4.69, 9.17) is 4.74 Å². The summed E-state index contributed by atoms with van der Waals surface area (Å²) in [5.74, 6) is 0.457. The number of ether oxygens (including phenoxy) is 1. The molecule has 0 radical (unpaired) electrons. The second kappa shape index (κ2) is 5.28. The van der Waals surface area contributed by atoms with Crippen LogP contribution >= 0.6 is 0 Å². The predicted octanol–water partition coefficient (Wildman–Crippen LogP) is 0.312. The molecule has 0 fully saturated rings. The zero-order valence-corrected chi connectivity index (χ0v) is 11.8. The van der Waals surface area contributed by atoms with Crippen molar-refractivity contribution in [2.75, 3.05) is 12.4 Å². The predicted molar refractivity (Wildman–Crippen MR) is 77.9 cm³/mol. The smallest absolute Gasteiger partial charge is 0.293 e. The van der Waals surface area contributed by atoms with Gasteiger partial charge < -0.3 is 10.1 Å². The van der Waals surface area contributed by atoms with E-state index in [1.54, 1.807) is 38.4 Å². The van der Waals surface area contributed by atoms with Crippen LogP contribution in [0.5, 0.6) is 5.75 Å². The zero-order chi connectivity index (χ0) is 15.7. The lowest BCUT2D eigenvalue weighted by Crippen LogP contribution is -2.13. The molecule has 1 amide bonds. The Kier molecular flexibility index (Phi) is 3.30. The van der Waals surface area contributed by atoms with Crippen molar-refractivity contribution in [1.82, 2.24) is 25.2 Å². The first kappa shape index (κ1) is 13.7. The van der Waals surface area contributed by atoms with Crippen LogP contribution in [0.1, 0.15) is 10.4 Å². The number of H-pyrrole nitrogens is 1. The van der Waals surface area contributed by atoms with Gasteiger partial charge in [-0.15, -0.1) is 5.10 Å². The van der Waals surface area contributed by atoms with Crippen molar-refractivity contribution in [1.29, 1.82) is 0 Å². The van der Waals surface area contributed by atoms with E-state index in [0.717, 1.165) is 0 Å². The number of benzene rings is 1.